The van der Waals surface area contributed by atoms with Crippen molar-refractivity contribution in [3.8, 4) is 0 Å². The van der Waals surface area contributed by atoms with Crippen LogP contribution < -0.4 is 27.4 Å². The number of ether oxygens (including phenoxy) is 2. The number of hydrogen-bond acceptors (Lipinski definition) is 9. The van der Waals surface area contributed by atoms with Crippen LogP contribution in [0.3, 0.4) is 0 Å². The molecule has 0 radical (unpaired) electrons. The Bertz CT molecular complexity index is 1640. The molecule has 1 aromatic rings. The lowest BCUT2D eigenvalue weighted by atomic mass is 9.70. The molecule has 1 aromatic carbocycles. The molecule has 11 heteroatoms. The van der Waals surface area contributed by atoms with Crippen molar-refractivity contribution in [3.05, 3.63) is 82.2 Å². The molecule has 0 spiro atoms. The third-order valence-electron chi connectivity index (χ3n) is 10.4. The van der Waals surface area contributed by atoms with Gasteiger partial charge in [-0.3, -0.25) is 14.6 Å². The van der Waals surface area contributed by atoms with Crippen LogP contribution in [0.2, 0.25) is 0 Å². The predicted molar refractivity (Wildman–Crippen MR) is 195 cm³/mol. The van der Waals surface area contributed by atoms with E-state index in [1.807, 2.05) is 38.1 Å². The van der Waals surface area contributed by atoms with Crippen molar-refractivity contribution in [2.45, 2.75) is 90.0 Å². The van der Waals surface area contributed by atoms with Crippen LogP contribution in [0.15, 0.2) is 70.5 Å². The minimum absolute atomic E-state index is 0.0228. The molecule has 50 heavy (non-hydrogen) atoms. The summed E-state index contributed by atoms with van der Waals surface area (Å²) >= 11 is 0. The summed E-state index contributed by atoms with van der Waals surface area (Å²) in [6.07, 6.45) is 13.1. The lowest BCUT2D eigenvalue weighted by Gasteiger charge is -2.32. The van der Waals surface area contributed by atoms with E-state index in [0.29, 0.717) is 36.7 Å². The van der Waals surface area contributed by atoms with Gasteiger partial charge in [0.25, 0.3) is 5.60 Å². The highest BCUT2D eigenvalue weighted by Crippen LogP contribution is 2.59. The molecular formula is C39H54N6O5. The van der Waals surface area contributed by atoms with Crippen molar-refractivity contribution in [3.63, 3.8) is 0 Å². The number of likely N-dealkylation sites (N-methyl/N-ethyl adjacent to an activating group) is 1. The molecule has 6 atom stereocenters. The van der Waals surface area contributed by atoms with E-state index >= 15 is 0 Å². The number of guanidine groups is 1. The Hall–Kier alpha value is -4.22. The average Bonchev–Trinajstić information content (AvgIpc) is 3.81. The summed E-state index contributed by atoms with van der Waals surface area (Å²) in [5, 5.41) is 9.80. The lowest BCUT2D eigenvalue weighted by molar-refractivity contribution is -0.149. The Morgan fingerprint density at radius 3 is 2.68 bits per heavy atom. The van der Waals surface area contributed by atoms with E-state index in [4.69, 9.17) is 20.9 Å². The van der Waals surface area contributed by atoms with E-state index in [-0.39, 0.29) is 54.3 Å². The summed E-state index contributed by atoms with van der Waals surface area (Å²) in [4.78, 5) is 47.5. The van der Waals surface area contributed by atoms with Gasteiger partial charge in [-0.1, -0.05) is 75.8 Å². The second-order valence-corrected chi connectivity index (χ2v) is 14.4. The lowest BCUT2D eigenvalue weighted by Crippen LogP contribution is -2.51. The second-order valence-electron chi connectivity index (χ2n) is 14.4. The van der Waals surface area contributed by atoms with Gasteiger partial charge >= 0.3 is 5.97 Å². The molecule has 0 amide bonds. The zero-order chi connectivity index (χ0) is 36.2. The highest BCUT2D eigenvalue weighted by Gasteiger charge is 2.85. The molecule has 0 bridgehead atoms. The number of esters is 1. The Morgan fingerprint density at radius 2 is 2.00 bits per heavy atom. The first-order valence-electron chi connectivity index (χ1n) is 18.0. The number of carbonyl (C=O) groups excluding carboxylic acids is 3. The Morgan fingerprint density at radius 1 is 1.22 bits per heavy atom. The smallest absolute Gasteiger partial charge is 0.350 e. The van der Waals surface area contributed by atoms with Crippen LogP contribution in [0.5, 0.6) is 0 Å². The molecule has 7 N–H and O–H groups in total. The number of allylic oxidation sites excluding steroid dienone is 1. The fourth-order valence-electron chi connectivity index (χ4n) is 7.63. The quantitative estimate of drug-likeness (QED) is 0.0483. The first-order chi connectivity index (χ1) is 23.9. The molecule has 2 aliphatic carbocycles. The number of rotatable bonds is 14. The first-order valence-corrected chi connectivity index (χ1v) is 18.0. The fourth-order valence-corrected chi connectivity index (χ4v) is 7.63. The molecule has 270 valence electrons. The van der Waals surface area contributed by atoms with Crippen molar-refractivity contribution in [2.75, 3.05) is 26.7 Å². The number of fused-ring (bicyclic) bond motifs is 2. The number of dihydropyridines is 1. The number of epoxide rings is 1. The van der Waals surface area contributed by atoms with Gasteiger partial charge in [-0.15, -0.1) is 0 Å². The number of nitrogens with one attached hydrogen (secondary N) is 3. The third kappa shape index (κ3) is 7.16. The summed E-state index contributed by atoms with van der Waals surface area (Å²) < 4.78 is 12.3. The van der Waals surface area contributed by atoms with Crippen LogP contribution in [0.1, 0.15) is 86.6 Å². The van der Waals surface area contributed by atoms with E-state index in [1.165, 1.54) is 0 Å². The number of benzene rings is 1. The molecule has 6 unspecified atom stereocenters. The van der Waals surface area contributed by atoms with Crippen molar-refractivity contribution in [1.82, 2.24) is 16.0 Å². The minimum atomic E-state index is -2.05. The number of nitrogens with two attached hydrogens (primary N) is 2. The maximum absolute atomic E-state index is 14.6. The van der Waals surface area contributed by atoms with Gasteiger partial charge in [0.2, 0.25) is 5.78 Å². The van der Waals surface area contributed by atoms with Crippen LogP contribution >= 0.6 is 0 Å². The SMILES string of the molecule is CCNC1C=CC(CC)CC1COC(=O)C12OC1(CC=C(C)CC(NC(N)=NC)C1=CCNC(N)=C1)C(=O)c1cccc(CC(C)C)c1C2=O. The van der Waals surface area contributed by atoms with Crippen LogP contribution in [-0.2, 0) is 20.7 Å². The number of hydrogen-bond donors (Lipinski definition) is 5. The third-order valence-corrected chi connectivity index (χ3v) is 10.4. The van der Waals surface area contributed by atoms with Gasteiger partial charge in [0.1, 0.15) is 0 Å². The van der Waals surface area contributed by atoms with Crippen LogP contribution in [0.25, 0.3) is 0 Å². The van der Waals surface area contributed by atoms with Gasteiger partial charge in [0.05, 0.1) is 18.5 Å². The molecule has 1 saturated heterocycles. The normalized spacial score (nSPS) is 28.3. The Labute approximate surface area is 296 Å². The molecule has 0 aromatic heterocycles. The highest BCUT2D eigenvalue weighted by molar-refractivity contribution is 6.33. The number of Topliss-reactive ketones (excluding diaryl/α,β-unsaturated/α-hetero) is 2. The van der Waals surface area contributed by atoms with E-state index in [2.05, 4.69) is 53.9 Å². The molecule has 5 rings (SSSR count). The summed E-state index contributed by atoms with van der Waals surface area (Å²) in [5.74, 6) is -0.210. The second kappa shape index (κ2) is 15.3. The van der Waals surface area contributed by atoms with E-state index < -0.39 is 23.0 Å². The zero-order valence-corrected chi connectivity index (χ0v) is 30.3. The molecule has 2 heterocycles. The van der Waals surface area contributed by atoms with Gasteiger partial charge in [-0.2, -0.15) is 0 Å². The fraction of sp³-hybridized carbons (Fsp3) is 0.538. The molecular weight excluding hydrogens is 632 g/mol. The first kappa shape index (κ1) is 37.0. The van der Waals surface area contributed by atoms with E-state index in [0.717, 1.165) is 36.1 Å². The molecule has 11 nitrogen and oxygen atoms in total. The van der Waals surface area contributed by atoms with Gasteiger partial charge in [-0.25, -0.2) is 4.79 Å². The highest BCUT2D eigenvalue weighted by atomic mass is 16.7. The van der Waals surface area contributed by atoms with Crippen LogP contribution in [-0.4, -0.2) is 73.5 Å². The molecule has 1 fully saturated rings. The Balaban J connectivity index is 1.46. The molecule has 4 aliphatic rings. The number of aliphatic imine (C=N–C) groups is 1. The summed E-state index contributed by atoms with van der Waals surface area (Å²) in [7, 11) is 1.61. The van der Waals surface area contributed by atoms with Gasteiger partial charge in [0.15, 0.2) is 17.3 Å². The van der Waals surface area contributed by atoms with Crippen molar-refractivity contribution in [2.24, 2.45) is 34.2 Å². The maximum Gasteiger partial charge on any atom is 0.350 e. The maximum atomic E-state index is 14.6. The van der Waals surface area contributed by atoms with Crippen molar-refractivity contribution < 1.29 is 23.9 Å². The number of nitrogens with zero attached hydrogens (tertiary/aromatic N) is 1. The van der Waals surface area contributed by atoms with Gasteiger partial charge in [-0.05, 0) is 68.2 Å². The minimum Gasteiger partial charge on any atom is -0.463 e. The number of ketones is 2. The summed E-state index contributed by atoms with van der Waals surface area (Å²) in [6.45, 7) is 11.7. The molecule has 2 aliphatic heterocycles. The predicted octanol–water partition coefficient (Wildman–Crippen LogP) is 3.85. The standard InChI is InChI=1S/C39H54N6O5/c1-7-25-12-13-30(43-8-2)28(20-25)22-49-36(48)39-35(47)33-27(18-23(3)4)10-9-11-29(33)34(46)38(39,50-39)16-14-24(5)19-31(45-37(41)42-6)26-15-17-44-32(40)21-26/h9-15,21,23,25,28,30-31,43-44H,7-8,16-20,22,40H2,1-6H3,(H3,41,42,45). The number of carbonyl (C=O) groups is 3. The van der Waals surface area contributed by atoms with Crippen molar-refractivity contribution >= 4 is 23.5 Å². The van der Waals surface area contributed by atoms with Crippen molar-refractivity contribution in [1.29, 1.82) is 0 Å². The van der Waals surface area contributed by atoms with E-state index in [9.17, 15) is 14.4 Å². The summed E-state index contributed by atoms with van der Waals surface area (Å²) in [5.41, 5.74) is 11.5. The van der Waals surface area contributed by atoms with Gasteiger partial charge in [0, 0.05) is 43.1 Å². The largest absolute Gasteiger partial charge is 0.463 e. The monoisotopic (exact) mass is 686 g/mol. The van der Waals surface area contributed by atoms with Crippen LogP contribution in [0, 0.1) is 17.8 Å². The topological polar surface area (TPSA) is 173 Å². The molecule has 0 saturated carbocycles. The van der Waals surface area contributed by atoms with Crippen LogP contribution in [0.4, 0.5) is 0 Å². The average molecular weight is 687 g/mol. The van der Waals surface area contributed by atoms with E-state index in [1.54, 1.807) is 19.2 Å². The summed E-state index contributed by atoms with van der Waals surface area (Å²) in [6, 6.07) is 5.11. The Kier molecular flexibility index (Phi) is 11.4. The van der Waals surface area contributed by atoms with Gasteiger partial charge < -0.3 is 36.9 Å². The zero-order valence-electron chi connectivity index (χ0n) is 30.3.